The molecule has 0 saturated carbocycles. The van der Waals surface area contributed by atoms with Gasteiger partial charge in [-0.1, -0.05) is 24.3 Å². The molecule has 0 aliphatic rings. The van der Waals surface area contributed by atoms with Gasteiger partial charge in [-0.2, -0.15) is 0 Å². The summed E-state index contributed by atoms with van der Waals surface area (Å²) in [6.07, 6.45) is 4.35. The van der Waals surface area contributed by atoms with E-state index in [1.807, 2.05) is 18.2 Å². The smallest absolute Gasteiger partial charge is 0.160 e. The predicted molar refractivity (Wildman–Crippen MR) is 59.6 cm³/mol. The number of rotatable bonds is 5. The second-order valence-electron chi connectivity index (χ2n) is 3.13. The highest BCUT2D eigenvalue weighted by atomic mass is 16.7. The van der Waals surface area contributed by atoms with Gasteiger partial charge in [0.1, 0.15) is 5.75 Å². The molecular formula is C12H16O3. The van der Waals surface area contributed by atoms with Gasteiger partial charge in [0.25, 0.3) is 0 Å². The summed E-state index contributed by atoms with van der Waals surface area (Å²) in [6, 6.07) is 7.07. The summed E-state index contributed by atoms with van der Waals surface area (Å²) in [5.41, 5.74) is 0.959. The Morgan fingerprint density at radius 1 is 1.33 bits per heavy atom. The topological polar surface area (TPSA) is 38.7 Å². The third-order valence-electron chi connectivity index (χ3n) is 2.03. The van der Waals surface area contributed by atoms with E-state index >= 15 is 0 Å². The van der Waals surface area contributed by atoms with E-state index < -0.39 is 0 Å². The van der Waals surface area contributed by atoms with Gasteiger partial charge in [0, 0.05) is 20.6 Å². The van der Waals surface area contributed by atoms with Crippen LogP contribution in [-0.4, -0.2) is 25.6 Å². The molecule has 0 bridgehead atoms. The zero-order chi connectivity index (χ0) is 11.1. The Bertz CT molecular complexity index is 316. The molecule has 1 rings (SSSR count). The van der Waals surface area contributed by atoms with Crippen LogP contribution in [0.25, 0.3) is 6.08 Å². The maximum absolute atomic E-state index is 9.23. The number of hydrogen-bond donors (Lipinski definition) is 1. The standard InChI is InChI=1S/C12H16O3/c1-14-12(15-2)8-4-6-10-5-3-7-11(13)9-10/h3-7,9,12-13H,8H2,1-2H3. The Morgan fingerprint density at radius 3 is 2.67 bits per heavy atom. The van der Waals surface area contributed by atoms with E-state index in [0.717, 1.165) is 5.56 Å². The molecule has 3 nitrogen and oxygen atoms in total. The average molecular weight is 208 g/mol. The van der Waals surface area contributed by atoms with E-state index in [9.17, 15) is 5.11 Å². The molecule has 1 aromatic rings. The molecule has 0 atom stereocenters. The van der Waals surface area contributed by atoms with Crippen LogP contribution in [0.4, 0.5) is 0 Å². The van der Waals surface area contributed by atoms with Gasteiger partial charge in [-0.15, -0.1) is 0 Å². The largest absolute Gasteiger partial charge is 0.508 e. The number of phenols is 1. The Labute approximate surface area is 90.0 Å². The van der Waals surface area contributed by atoms with Crippen LogP contribution in [0, 0.1) is 0 Å². The van der Waals surface area contributed by atoms with E-state index in [4.69, 9.17) is 9.47 Å². The summed E-state index contributed by atoms with van der Waals surface area (Å²) in [7, 11) is 3.21. The van der Waals surface area contributed by atoms with Crippen LogP contribution < -0.4 is 0 Å². The highest BCUT2D eigenvalue weighted by Crippen LogP contribution is 2.12. The molecule has 0 spiro atoms. The number of ether oxygens (including phenoxy) is 2. The molecule has 82 valence electrons. The van der Waals surface area contributed by atoms with Crippen molar-refractivity contribution in [3.05, 3.63) is 35.9 Å². The van der Waals surface area contributed by atoms with E-state index in [1.54, 1.807) is 32.4 Å². The lowest BCUT2D eigenvalue weighted by Crippen LogP contribution is -2.10. The van der Waals surface area contributed by atoms with Crippen molar-refractivity contribution >= 4 is 6.08 Å². The molecule has 0 unspecified atom stereocenters. The molecular weight excluding hydrogens is 192 g/mol. The highest BCUT2D eigenvalue weighted by Gasteiger charge is 2.00. The Hall–Kier alpha value is -1.32. The number of aromatic hydroxyl groups is 1. The fourth-order valence-electron chi connectivity index (χ4n) is 1.23. The Balaban J connectivity index is 2.50. The van der Waals surface area contributed by atoms with E-state index in [2.05, 4.69) is 0 Å². The van der Waals surface area contributed by atoms with Crippen molar-refractivity contribution < 1.29 is 14.6 Å². The molecule has 0 aromatic heterocycles. The number of hydrogen-bond acceptors (Lipinski definition) is 3. The molecule has 3 heteroatoms. The van der Waals surface area contributed by atoms with Crippen LogP contribution in [0.15, 0.2) is 30.3 Å². The van der Waals surface area contributed by atoms with Crippen molar-refractivity contribution in [2.24, 2.45) is 0 Å². The normalized spacial score (nSPS) is 11.4. The van der Waals surface area contributed by atoms with Gasteiger partial charge < -0.3 is 14.6 Å². The maximum Gasteiger partial charge on any atom is 0.160 e. The van der Waals surface area contributed by atoms with Crippen molar-refractivity contribution in [1.29, 1.82) is 0 Å². The third-order valence-corrected chi connectivity index (χ3v) is 2.03. The van der Waals surface area contributed by atoms with Crippen LogP contribution in [0.2, 0.25) is 0 Å². The molecule has 0 radical (unpaired) electrons. The molecule has 0 heterocycles. The first kappa shape index (κ1) is 11.8. The minimum Gasteiger partial charge on any atom is -0.508 e. The van der Waals surface area contributed by atoms with Gasteiger partial charge in [-0.25, -0.2) is 0 Å². The molecule has 1 aromatic carbocycles. The molecule has 0 aliphatic heterocycles. The van der Waals surface area contributed by atoms with Gasteiger partial charge in [-0.3, -0.25) is 0 Å². The molecule has 0 fully saturated rings. The van der Waals surface area contributed by atoms with Crippen molar-refractivity contribution in [2.45, 2.75) is 12.7 Å². The molecule has 0 aliphatic carbocycles. The number of methoxy groups -OCH3 is 2. The van der Waals surface area contributed by atoms with Gasteiger partial charge in [0.15, 0.2) is 6.29 Å². The number of phenolic OH excluding ortho intramolecular Hbond substituents is 1. The van der Waals surface area contributed by atoms with Crippen LogP contribution in [-0.2, 0) is 9.47 Å². The van der Waals surface area contributed by atoms with Crippen molar-refractivity contribution in [1.82, 2.24) is 0 Å². The van der Waals surface area contributed by atoms with Crippen LogP contribution in [0.1, 0.15) is 12.0 Å². The van der Waals surface area contributed by atoms with E-state index in [1.165, 1.54) is 0 Å². The van der Waals surface area contributed by atoms with Gasteiger partial charge >= 0.3 is 0 Å². The fourth-order valence-corrected chi connectivity index (χ4v) is 1.23. The first-order chi connectivity index (χ1) is 7.26. The van der Waals surface area contributed by atoms with Crippen molar-refractivity contribution in [2.75, 3.05) is 14.2 Å². The van der Waals surface area contributed by atoms with Crippen LogP contribution in [0.5, 0.6) is 5.75 Å². The molecule has 15 heavy (non-hydrogen) atoms. The summed E-state index contributed by atoms with van der Waals surface area (Å²) in [6.45, 7) is 0. The zero-order valence-electron chi connectivity index (χ0n) is 9.01. The summed E-state index contributed by atoms with van der Waals surface area (Å²) in [5, 5.41) is 9.23. The average Bonchev–Trinajstić information content (AvgIpc) is 2.25. The molecule has 0 amide bonds. The fraction of sp³-hybridized carbons (Fsp3) is 0.333. The Kier molecular flexibility index (Phi) is 4.87. The van der Waals surface area contributed by atoms with Crippen molar-refractivity contribution in [3.8, 4) is 5.75 Å². The summed E-state index contributed by atoms with van der Waals surface area (Å²) in [5.74, 6) is 0.271. The SMILES string of the molecule is COC(CC=Cc1cccc(O)c1)OC. The summed E-state index contributed by atoms with van der Waals surface area (Å²) >= 11 is 0. The van der Waals surface area contributed by atoms with Gasteiger partial charge in [-0.05, 0) is 17.7 Å². The predicted octanol–water partition coefficient (Wildman–Crippen LogP) is 2.41. The zero-order valence-corrected chi connectivity index (χ0v) is 9.01. The van der Waals surface area contributed by atoms with Crippen LogP contribution in [0.3, 0.4) is 0 Å². The summed E-state index contributed by atoms with van der Waals surface area (Å²) in [4.78, 5) is 0. The van der Waals surface area contributed by atoms with E-state index in [-0.39, 0.29) is 12.0 Å². The maximum atomic E-state index is 9.23. The minimum absolute atomic E-state index is 0.210. The minimum atomic E-state index is -0.210. The molecule has 1 N–H and O–H groups in total. The first-order valence-corrected chi connectivity index (χ1v) is 4.77. The number of benzene rings is 1. The second kappa shape index (κ2) is 6.22. The van der Waals surface area contributed by atoms with Crippen molar-refractivity contribution in [3.63, 3.8) is 0 Å². The van der Waals surface area contributed by atoms with Gasteiger partial charge in [0.05, 0.1) is 0 Å². The summed E-state index contributed by atoms with van der Waals surface area (Å²) < 4.78 is 10.1. The van der Waals surface area contributed by atoms with Gasteiger partial charge in [0.2, 0.25) is 0 Å². The monoisotopic (exact) mass is 208 g/mol. The lowest BCUT2D eigenvalue weighted by Gasteiger charge is -2.09. The lowest BCUT2D eigenvalue weighted by atomic mass is 10.2. The lowest BCUT2D eigenvalue weighted by molar-refractivity contribution is -0.0985. The quantitative estimate of drug-likeness (QED) is 0.755. The van der Waals surface area contributed by atoms with Crippen LogP contribution >= 0.6 is 0 Å². The Morgan fingerprint density at radius 2 is 2.07 bits per heavy atom. The third kappa shape index (κ3) is 4.14. The molecule has 0 saturated heterocycles. The highest BCUT2D eigenvalue weighted by molar-refractivity contribution is 5.51. The first-order valence-electron chi connectivity index (χ1n) is 4.77. The van der Waals surface area contributed by atoms with E-state index in [0.29, 0.717) is 6.42 Å². The second-order valence-corrected chi connectivity index (χ2v) is 3.13.